The van der Waals surface area contributed by atoms with Gasteiger partial charge in [0.05, 0.1) is 5.56 Å². The molecular weight excluding hydrogens is 410 g/mol. The maximum atomic E-state index is 13.4. The first kappa shape index (κ1) is 18.5. The third kappa shape index (κ3) is 3.03. The fraction of sp³-hybridized carbons (Fsp3) is 0.118. The zero-order valence-electron chi connectivity index (χ0n) is 13.5. The van der Waals surface area contributed by atoms with Crippen molar-refractivity contribution in [2.24, 2.45) is 0 Å². The van der Waals surface area contributed by atoms with Gasteiger partial charge in [0.1, 0.15) is 11.3 Å². The van der Waals surface area contributed by atoms with Gasteiger partial charge in [-0.05, 0) is 30.3 Å². The molecule has 0 aliphatic rings. The van der Waals surface area contributed by atoms with E-state index in [1.807, 2.05) is 0 Å². The molecule has 4 nitrogen and oxygen atoms in total. The fourth-order valence-electron chi connectivity index (χ4n) is 2.84. The van der Waals surface area contributed by atoms with Gasteiger partial charge in [0.2, 0.25) is 0 Å². The molecule has 0 N–H and O–H groups in total. The normalized spacial score (nSPS) is 12.8. The van der Waals surface area contributed by atoms with Gasteiger partial charge in [0.15, 0.2) is 11.5 Å². The largest absolute Gasteiger partial charge is 0.433 e. The second kappa shape index (κ2) is 6.06. The van der Waals surface area contributed by atoms with Crippen LogP contribution in [0.2, 0.25) is 5.02 Å². The predicted molar refractivity (Wildman–Crippen MR) is 88.7 cm³/mol. The quantitative estimate of drug-likeness (QED) is 0.377. The van der Waals surface area contributed by atoms with Crippen molar-refractivity contribution in [2.45, 2.75) is 12.4 Å². The van der Waals surface area contributed by atoms with Crippen molar-refractivity contribution in [1.82, 2.24) is 19.6 Å². The minimum atomic E-state index is -5.07. The summed E-state index contributed by atoms with van der Waals surface area (Å²) in [5, 5.41) is 7.53. The number of nitrogens with zero attached hydrogens (tertiary/aromatic N) is 4. The maximum Gasteiger partial charge on any atom is 0.433 e. The summed E-state index contributed by atoms with van der Waals surface area (Å²) in [5.41, 5.74) is -3.26. The number of fused-ring (bicyclic) bond motifs is 3. The van der Waals surface area contributed by atoms with Crippen LogP contribution >= 0.6 is 11.6 Å². The molecule has 0 saturated carbocycles. The van der Waals surface area contributed by atoms with Crippen LogP contribution in [0.15, 0.2) is 42.5 Å². The van der Waals surface area contributed by atoms with E-state index < -0.39 is 34.6 Å². The zero-order valence-corrected chi connectivity index (χ0v) is 14.2. The van der Waals surface area contributed by atoms with E-state index in [9.17, 15) is 26.3 Å². The Morgan fingerprint density at radius 2 is 1.61 bits per heavy atom. The summed E-state index contributed by atoms with van der Waals surface area (Å²) in [5.74, 6) is 0.0167. The lowest BCUT2D eigenvalue weighted by Crippen LogP contribution is -2.14. The minimum absolute atomic E-state index is 0.00240. The lowest BCUT2D eigenvalue weighted by Gasteiger charge is -2.15. The highest BCUT2D eigenvalue weighted by atomic mass is 35.5. The molecule has 3 heterocycles. The van der Waals surface area contributed by atoms with Crippen LogP contribution in [0, 0.1) is 0 Å². The molecule has 0 atom stereocenters. The summed E-state index contributed by atoms with van der Waals surface area (Å²) in [6.45, 7) is 0. The van der Waals surface area contributed by atoms with Gasteiger partial charge in [-0.15, -0.1) is 10.2 Å². The topological polar surface area (TPSA) is 43.1 Å². The highest BCUT2D eigenvalue weighted by Crippen LogP contribution is 2.39. The summed E-state index contributed by atoms with van der Waals surface area (Å²) in [4.78, 5) is 3.45. The third-order valence-corrected chi connectivity index (χ3v) is 4.25. The van der Waals surface area contributed by atoms with Gasteiger partial charge in [-0.2, -0.15) is 26.3 Å². The van der Waals surface area contributed by atoms with Gasteiger partial charge < -0.3 is 0 Å². The standard InChI is InChI=1S/C17H7ClF6N4/c18-9-3-1-2-8(6-9)14-27-26-13-5-4-10-11(16(19,20)21)7-12(17(22,23)24)25-15(10)28(13)14/h1-7H. The second-order valence-corrected chi connectivity index (χ2v) is 6.29. The van der Waals surface area contributed by atoms with Crippen LogP contribution in [0.25, 0.3) is 28.1 Å². The summed E-state index contributed by atoms with van der Waals surface area (Å²) in [6, 6.07) is 8.41. The second-order valence-electron chi connectivity index (χ2n) is 5.85. The van der Waals surface area contributed by atoms with Crippen LogP contribution in [0.4, 0.5) is 26.3 Å². The molecule has 0 radical (unpaired) electrons. The molecule has 11 heteroatoms. The van der Waals surface area contributed by atoms with E-state index in [1.165, 1.54) is 12.1 Å². The highest BCUT2D eigenvalue weighted by Gasteiger charge is 2.39. The van der Waals surface area contributed by atoms with Gasteiger partial charge in [-0.3, -0.25) is 4.40 Å². The van der Waals surface area contributed by atoms with Gasteiger partial charge in [-0.1, -0.05) is 23.7 Å². The summed E-state index contributed by atoms with van der Waals surface area (Å²) in [7, 11) is 0. The van der Waals surface area contributed by atoms with Crippen LogP contribution in [-0.2, 0) is 12.4 Å². The van der Waals surface area contributed by atoms with E-state index in [-0.39, 0.29) is 17.5 Å². The van der Waals surface area contributed by atoms with Crippen molar-refractivity contribution in [1.29, 1.82) is 0 Å². The van der Waals surface area contributed by atoms with Crippen LogP contribution in [-0.4, -0.2) is 19.6 Å². The van der Waals surface area contributed by atoms with Gasteiger partial charge in [0.25, 0.3) is 0 Å². The summed E-state index contributed by atoms with van der Waals surface area (Å²) >= 11 is 5.93. The van der Waals surface area contributed by atoms with E-state index in [2.05, 4.69) is 15.2 Å². The molecule has 0 saturated heterocycles. The van der Waals surface area contributed by atoms with E-state index in [1.54, 1.807) is 18.2 Å². The van der Waals surface area contributed by atoms with Crippen LogP contribution in [0.1, 0.15) is 11.3 Å². The third-order valence-electron chi connectivity index (χ3n) is 4.02. The van der Waals surface area contributed by atoms with Crippen molar-refractivity contribution in [3.05, 3.63) is 58.7 Å². The summed E-state index contributed by atoms with van der Waals surface area (Å²) in [6.07, 6.45) is -10.1. The molecule has 3 aromatic heterocycles. The molecule has 144 valence electrons. The van der Waals surface area contributed by atoms with E-state index in [4.69, 9.17) is 11.6 Å². The lowest BCUT2D eigenvalue weighted by molar-refractivity contribution is -0.144. The fourth-order valence-corrected chi connectivity index (χ4v) is 3.03. The van der Waals surface area contributed by atoms with E-state index in [0.29, 0.717) is 10.6 Å². The SMILES string of the molecule is FC(F)(F)c1cc(C(F)(F)F)c2ccc3nnc(-c4cccc(Cl)c4)n3c2n1. The molecule has 0 bridgehead atoms. The van der Waals surface area contributed by atoms with Gasteiger partial charge in [0, 0.05) is 16.0 Å². The Morgan fingerprint density at radius 3 is 2.25 bits per heavy atom. The molecule has 4 rings (SSSR count). The van der Waals surface area contributed by atoms with Crippen LogP contribution < -0.4 is 0 Å². The molecule has 0 unspecified atom stereocenters. The van der Waals surface area contributed by atoms with Crippen molar-refractivity contribution in [3.8, 4) is 11.4 Å². The molecule has 28 heavy (non-hydrogen) atoms. The van der Waals surface area contributed by atoms with Gasteiger partial charge >= 0.3 is 12.4 Å². The molecular formula is C17H7ClF6N4. The molecule has 0 amide bonds. The Balaban J connectivity index is 2.16. The number of hydrogen-bond donors (Lipinski definition) is 0. The monoisotopic (exact) mass is 416 g/mol. The maximum absolute atomic E-state index is 13.4. The number of hydrogen-bond acceptors (Lipinski definition) is 3. The van der Waals surface area contributed by atoms with E-state index >= 15 is 0 Å². The first-order valence-electron chi connectivity index (χ1n) is 7.65. The highest BCUT2D eigenvalue weighted by molar-refractivity contribution is 6.30. The summed E-state index contributed by atoms with van der Waals surface area (Å²) < 4.78 is 80.9. The van der Waals surface area contributed by atoms with Gasteiger partial charge in [-0.25, -0.2) is 4.98 Å². The smallest absolute Gasteiger partial charge is 0.258 e. The first-order valence-corrected chi connectivity index (χ1v) is 8.03. The Labute approximate surface area is 157 Å². The Morgan fingerprint density at radius 1 is 0.857 bits per heavy atom. The minimum Gasteiger partial charge on any atom is -0.258 e. The number of benzene rings is 1. The number of alkyl halides is 6. The molecule has 1 aromatic carbocycles. The average molecular weight is 417 g/mol. The van der Waals surface area contributed by atoms with Crippen molar-refractivity contribution in [3.63, 3.8) is 0 Å². The number of rotatable bonds is 1. The Bertz CT molecular complexity index is 1210. The Kier molecular flexibility index (Phi) is 4.00. The van der Waals surface area contributed by atoms with Crippen LogP contribution in [0.3, 0.4) is 0 Å². The molecule has 4 aromatic rings. The van der Waals surface area contributed by atoms with Crippen molar-refractivity contribution < 1.29 is 26.3 Å². The lowest BCUT2D eigenvalue weighted by atomic mass is 10.1. The average Bonchev–Trinajstić information content (AvgIpc) is 3.03. The number of pyridine rings is 2. The van der Waals surface area contributed by atoms with Crippen LogP contribution in [0.5, 0.6) is 0 Å². The van der Waals surface area contributed by atoms with E-state index in [0.717, 1.165) is 10.5 Å². The molecule has 0 fully saturated rings. The van der Waals surface area contributed by atoms with Crippen molar-refractivity contribution in [2.75, 3.05) is 0 Å². The number of halogens is 7. The molecule has 0 spiro atoms. The first-order chi connectivity index (χ1) is 13.1. The number of aromatic nitrogens is 4. The zero-order chi connectivity index (χ0) is 20.3. The Hall–Kier alpha value is -2.88. The molecule has 0 aliphatic carbocycles. The molecule has 0 aliphatic heterocycles. The van der Waals surface area contributed by atoms with Crippen molar-refractivity contribution >= 4 is 28.3 Å². The predicted octanol–water partition coefficient (Wildman–Crippen LogP) is 5.64.